The van der Waals surface area contributed by atoms with Crippen LogP contribution in [0, 0.1) is 58.6 Å². The van der Waals surface area contributed by atoms with E-state index in [-0.39, 0.29) is 10.8 Å². The maximum atomic E-state index is 14.3. The van der Waals surface area contributed by atoms with E-state index in [1.165, 1.54) is 81.3 Å². The molecule has 2 aliphatic rings. The SMILES string of the molecule is CCC1CCC(CCc2cc3ccc(O)c(F)c3c(F)c2F)CC1.CCCC1CCC(CCc2cc3ccc(O)c(F)c3c(F)c2F)CC1. The Kier molecular flexibility index (Phi) is 12.4. The van der Waals surface area contributed by atoms with Crippen LogP contribution in [0.2, 0.25) is 0 Å². The normalized spacial score (nSPS) is 21.1. The Balaban J connectivity index is 0.000000191. The first-order valence-corrected chi connectivity index (χ1v) is 18.1. The number of benzene rings is 4. The largest absolute Gasteiger partial charge is 0.505 e. The summed E-state index contributed by atoms with van der Waals surface area (Å²) in [5, 5.41) is 18.4. The molecule has 0 heterocycles. The average molecular weight is 687 g/mol. The highest BCUT2D eigenvalue weighted by molar-refractivity contribution is 5.87. The molecule has 0 saturated heterocycles. The lowest BCUT2D eigenvalue weighted by molar-refractivity contribution is 0.251. The highest BCUT2D eigenvalue weighted by atomic mass is 19.2. The molecule has 0 radical (unpaired) electrons. The second-order valence-electron chi connectivity index (χ2n) is 14.4. The van der Waals surface area contributed by atoms with E-state index in [0.29, 0.717) is 35.8 Å². The van der Waals surface area contributed by atoms with Crippen LogP contribution in [-0.2, 0) is 12.8 Å². The molecule has 2 fully saturated rings. The van der Waals surface area contributed by atoms with Gasteiger partial charge in [-0.3, -0.25) is 0 Å². The summed E-state index contributed by atoms with van der Waals surface area (Å²) < 4.78 is 84.9. The molecule has 0 spiro atoms. The van der Waals surface area contributed by atoms with Gasteiger partial charge in [-0.15, -0.1) is 0 Å². The van der Waals surface area contributed by atoms with E-state index in [1.54, 1.807) is 0 Å². The summed E-state index contributed by atoms with van der Waals surface area (Å²) in [6.07, 6.45) is 15.9. The van der Waals surface area contributed by atoms with Gasteiger partial charge in [0, 0.05) is 0 Å². The van der Waals surface area contributed by atoms with Gasteiger partial charge >= 0.3 is 0 Å². The van der Waals surface area contributed by atoms with E-state index in [4.69, 9.17) is 0 Å². The average Bonchev–Trinajstić information content (AvgIpc) is 3.11. The van der Waals surface area contributed by atoms with Crippen molar-refractivity contribution in [3.63, 3.8) is 0 Å². The summed E-state index contributed by atoms with van der Waals surface area (Å²) >= 11 is 0. The molecule has 2 aliphatic carbocycles. The van der Waals surface area contributed by atoms with Crippen LogP contribution in [0.5, 0.6) is 11.5 Å². The van der Waals surface area contributed by atoms with Crippen LogP contribution in [-0.4, -0.2) is 10.2 Å². The Labute approximate surface area is 285 Å². The summed E-state index contributed by atoms with van der Waals surface area (Å²) in [4.78, 5) is 0. The zero-order valence-electron chi connectivity index (χ0n) is 28.5. The number of halogens is 6. The van der Waals surface area contributed by atoms with Crippen molar-refractivity contribution in [3.8, 4) is 11.5 Å². The van der Waals surface area contributed by atoms with Gasteiger partial charge in [-0.1, -0.05) is 96.6 Å². The molecule has 2 saturated carbocycles. The Hall–Kier alpha value is -3.42. The first-order valence-electron chi connectivity index (χ1n) is 18.1. The first-order chi connectivity index (χ1) is 23.5. The third kappa shape index (κ3) is 8.49. The molecule has 0 unspecified atom stereocenters. The molecule has 0 aliphatic heterocycles. The van der Waals surface area contributed by atoms with E-state index in [1.807, 2.05) is 0 Å². The fraction of sp³-hybridized carbons (Fsp3) is 0.512. The number of aryl methyl sites for hydroxylation is 2. The van der Waals surface area contributed by atoms with Gasteiger partial charge in [0.2, 0.25) is 0 Å². The molecule has 266 valence electrons. The van der Waals surface area contributed by atoms with Gasteiger partial charge < -0.3 is 10.2 Å². The van der Waals surface area contributed by atoms with Crippen LogP contribution in [0.1, 0.15) is 108 Å². The van der Waals surface area contributed by atoms with Gasteiger partial charge in [0.05, 0.1) is 10.8 Å². The Bertz CT molecular complexity index is 1740. The fourth-order valence-electron chi connectivity index (χ4n) is 8.08. The number of phenolic OH excluding ortho intramolecular Hbond substituents is 2. The fourth-order valence-corrected chi connectivity index (χ4v) is 8.08. The summed E-state index contributed by atoms with van der Waals surface area (Å²) in [5.74, 6) is -5.17. The number of rotatable bonds is 9. The molecule has 0 aromatic heterocycles. The predicted molar refractivity (Wildman–Crippen MR) is 184 cm³/mol. The van der Waals surface area contributed by atoms with Crippen LogP contribution in [0.4, 0.5) is 26.3 Å². The minimum absolute atomic E-state index is 0.286. The maximum Gasteiger partial charge on any atom is 0.175 e. The number of fused-ring (bicyclic) bond motifs is 2. The lowest BCUT2D eigenvalue weighted by Crippen LogP contribution is -2.15. The van der Waals surface area contributed by atoms with Gasteiger partial charge in [0.15, 0.2) is 46.4 Å². The zero-order valence-corrected chi connectivity index (χ0v) is 28.5. The molecule has 4 aromatic carbocycles. The van der Waals surface area contributed by atoms with E-state index < -0.39 is 57.2 Å². The van der Waals surface area contributed by atoms with Crippen molar-refractivity contribution in [2.75, 3.05) is 0 Å². The molecule has 0 atom stereocenters. The molecule has 0 amide bonds. The van der Waals surface area contributed by atoms with Crippen molar-refractivity contribution in [1.82, 2.24) is 0 Å². The van der Waals surface area contributed by atoms with E-state index >= 15 is 0 Å². The van der Waals surface area contributed by atoms with Crippen LogP contribution in [0.3, 0.4) is 0 Å². The molecule has 6 rings (SSSR count). The van der Waals surface area contributed by atoms with E-state index in [0.717, 1.165) is 50.4 Å². The van der Waals surface area contributed by atoms with Crippen molar-refractivity contribution in [1.29, 1.82) is 0 Å². The number of phenols is 2. The topological polar surface area (TPSA) is 40.5 Å². The molecular weight excluding hydrogens is 638 g/mol. The van der Waals surface area contributed by atoms with Gasteiger partial charge in [-0.05, 0) is 95.5 Å². The van der Waals surface area contributed by atoms with Gasteiger partial charge in [-0.2, -0.15) is 0 Å². The second kappa shape index (κ2) is 16.5. The highest BCUT2D eigenvalue weighted by Crippen LogP contribution is 2.37. The first kappa shape index (κ1) is 36.9. The number of aromatic hydroxyl groups is 2. The Morgan fingerprint density at radius 1 is 0.490 bits per heavy atom. The van der Waals surface area contributed by atoms with Crippen molar-refractivity contribution in [2.24, 2.45) is 23.7 Å². The molecule has 49 heavy (non-hydrogen) atoms. The van der Waals surface area contributed by atoms with Crippen LogP contribution < -0.4 is 0 Å². The van der Waals surface area contributed by atoms with Crippen molar-refractivity contribution < 1.29 is 36.6 Å². The minimum atomic E-state index is -1.20. The van der Waals surface area contributed by atoms with E-state index in [9.17, 15) is 36.6 Å². The van der Waals surface area contributed by atoms with Crippen LogP contribution >= 0.6 is 0 Å². The van der Waals surface area contributed by atoms with Gasteiger partial charge in [0.1, 0.15) is 0 Å². The van der Waals surface area contributed by atoms with Crippen molar-refractivity contribution in [3.05, 3.63) is 82.4 Å². The third-order valence-electron chi connectivity index (χ3n) is 11.2. The molecule has 2 nitrogen and oxygen atoms in total. The highest BCUT2D eigenvalue weighted by Gasteiger charge is 2.24. The Morgan fingerprint density at radius 2 is 0.857 bits per heavy atom. The molecular formula is C41H48F6O2. The molecule has 2 N–H and O–H groups in total. The van der Waals surface area contributed by atoms with Crippen molar-refractivity contribution >= 4 is 21.5 Å². The molecule has 0 bridgehead atoms. The standard InChI is InChI=1S/C21H25F3O.C20H23F3O/c1-2-3-13-4-6-14(7-5-13)8-9-16-12-15-10-11-17(25)20(23)18(15)21(24)19(16)22;1-2-12-3-5-13(6-4-12)7-8-15-11-14-9-10-16(24)19(22)17(14)20(23)18(15)21/h10-14,25H,2-9H2,1H3;9-13,24H,2-8H2,1H3. The summed E-state index contributed by atoms with van der Waals surface area (Å²) in [6, 6.07) is 8.22. The molecule has 8 heteroatoms. The lowest BCUT2D eigenvalue weighted by Gasteiger charge is -2.28. The molecule has 4 aromatic rings. The summed E-state index contributed by atoms with van der Waals surface area (Å²) in [7, 11) is 0. The van der Waals surface area contributed by atoms with Gasteiger partial charge in [-0.25, -0.2) is 26.3 Å². The quantitative estimate of drug-likeness (QED) is 0.172. The third-order valence-corrected chi connectivity index (χ3v) is 11.2. The predicted octanol–water partition coefficient (Wildman–Crippen LogP) is 12.6. The summed E-state index contributed by atoms with van der Waals surface area (Å²) in [5.41, 5.74) is 0.591. The second-order valence-corrected chi connectivity index (χ2v) is 14.4. The number of hydrogen-bond acceptors (Lipinski definition) is 2. The van der Waals surface area contributed by atoms with Crippen molar-refractivity contribution in [2.45, 2.75) is 110 Å². The summed E-state index contributed by atoms with van der Waals surface area (Å²) in [6.45, 7) is 4.43. The minimum Gasteiger partial charge on any atom is -0.505 e. The van der Waals surface area contributed by atoms with Gasteiger partial charge in [0.25, 0.3) is 0 Å². The lowest BCUT2D eigenvalue weighted by atomic mass is 9.78. The monoisotopic (exact) mass is 686 g/mol. The number of hydrogen-bond donors (Lipinski definition) is 2. The zero-order chi connectivity index (χ0) is 35.2. The smallest absolute Gasteiger partial charge is 0.175 e. The van der Waals surface area contributed by atoms with Crippen LogP contribution in [0.25, 0.3) is 21.5 Å². The Morgan fingerprint density at radius 3 is 1.22 bits per heavy atom. The maximum absolute atomic E-state index is 14.3. The van der Waals surface area contributed by atoms with E-state index in [2.05, 4.69) is 13.8 Å². The van der Waals surface area contributed by atoms with Crippen LogP contribution in [0.15, 0.2) is 36.4 Å².